The van der Waals surface area contributed by atoms with E-state index in [2.05, 4.69) is 20.4 Å². The van der Waals surface area contributed by atoms with Crippen molar-refractivity contribution in [3.63, 3.8) is 0 Å². The van der Waals surface area contributed by atoms with Crippen LogP contribution in [0.4, 0.5) is 15.5 Å². The van der Waals surface area contributed by atoms with Crippen molar-refractivity contribution in [2.75, 3.05) is 38.3 Å². The van der Waals surface area contributed by atoms with Crippen LogP contribution in [0.3, 0.4) is 0 Å². The Morgan fingerprint density at radius 1 is 1.11 bits per heavy atom. The zero-order valence-corrected chi connectivity index (χ0v) is 23.3. The van der Waals surface area contributed by atoms with Crippen LogP contribution in [-0.4, -0.2) is 87.3 Å². The van der Waals surface area contributed by atoms with E-state index in [9.17, 15) is 14.4 Å². The third kappa shape index (κ3) is 7.61. The van der Waals surface area contributed by atoms with Crippen LogP contribution >= 0.6 is 11.3 Å². The second-order valence-corrected chi connectivity index (χ2v) is 11.5. The first kappa shape index (κ1) is 28.3. The van der Waals surface area contributed by atoms with Gasteiger partial charge in [-0.1, -0.05) is 11.3 Å². The Bertz CT molecular complexity index is 1130. The number of aromatic nitrogens is 4. The van der Waals surface area contributed by atoms with Gasteiger partial charge in [-0.2, -0.15) is 9.67 Å². The highest BCUT2D eigenvalue weighted by molar-refractivity contribution is 7.16. The first-order chi connectivity index (χ1) is 17.1. The highest BCUT2D eigenvalue weighted by Crippen LogP contribution is 2.25. The minimum Gasteiger partial charge on any atom is -0.444 e. The zero-order valence-electron chi connectivity index (χ0n) is 22.5. The summed E-state index contributed by atoms with van der Waals surface area (Å²) in [6.07, 6.45) is 0.192. The summed E-state index contributed by atoms with van der Waals surface area (Å²) in [4.78, 5) is 50.2. The Hall–Kier alpha value is -3.26. The molecule has 1 fully saturated rings. The number of anilines is 1. The second-order valence-electron chi connectivity index (χ2n) is 10.5. The van der Waals surface area contributed by atoms with Gasteiger partial charge in [0, 0.05) is 20.1 Å². The van der Waals surface area contributed by atoms with E-state index >= 15 is 0 Å². The second kappa shape index (κ2) is 11.0. The molecule has 0 saturated carbocycles. The number of carbonyl (C=O) groups excluding carboxylic acids is 3. The van der Waals surface area contributed by atoms with Gasteiger partial charge in [0.1, 0.15) is 16.1 Å². The van der Waals surface area contributed by atoms with Crippen LogP contribution in [0.15, 0.2) is 6.20 Å². The molecule has 13 nitrogen and oxygen atoms in total. The molecule has 1 N–H and O–H groups in total. The minimum absolute atomic E-state index is 0.0401. The van der Waals surface area contributed by atoms with Crippen molar-refractivity contribution in [3.05, 3.63) is 16.9 Å². The molecule has 0 spiro atoms. The predicted molar refractivity (Wildman–Crippen MR) is 136 cm³/mol. The minimum atomic E-state index is -0.716. The molecule has 0 bridgehead atoms. The molecule has 3 rings (SSSR count). The molecule has 0 aliphatic carbocycles. The SMILES string of the molecule is CC(NC(=O)OC(C)(C)C)c1nc(N(C)C(=O)OC(C)(C)C)nn1-c1ncc(C(=O)N2CCOCC2)s1. The number of nitrogens with one attached hydrogen (secondary N) is 1. The maximum Gasteiger partial charge on any atom is 0.416 e. The van der Waals surface area contributed by atoms with Gasteiger partial charge in [-0.25, -0.2) is 19.5 Å². The van der Waals surface area contributed by atoms with Crippen LogP contribution < -0.4 is 10.2 Å². The lowest BCUT2D eigenvalue weighted by atomic mass is 10.2. The molecule has 1 saturated heterocycles. The van der Waals surface area contributed by atoms with Gasteiger partial charge >= 0.3 is 12.2 Å². The highest BCUT2D eigenvalue weighted by Gasteiger charge is 2.29. The zero-order chi connectivity index (χ0) is 27.5. The summed E-state index contributed by atoms with van der Waals surface area (Å²) >= 11 is 1.13. The summed E-state index contributed by atoms with van der Waals surface area (Å²) < 4.78 is 17.5. The Kier molecular flexibility index (Phi) is 8.42. The summed E-state index contributed by atoms with van der Waals surface area (Å²) in [5, 5.41) is 7.54. The van der Waals surface area contributed by atoms with E-state index in [0.717, 1.165) is 11.3 Å². The van der Waals surface area contributed by atoms with Gasteiger partial charge < -0.3 is 24.4 Å². The average Bonchev–Trinajstić information content (AvgIpc) is 3.43. The molecule has 0 aromatic carbocycles. The largest absolute Gasteiger partial charge is 0.444 e. The van der Waals surface area contributed by atoms with Crippen LogP contribution in [0.25, 0.3) is 5.13 Å². The molecule has 0 radical (unpaired) electrons. The summed E-state index contributed by atoms with van der Waals surface area (Å²) in [7, 11) is 1.48. The fourth-order valence-electron chi connectivity index (χ4n) is 3.22. The van der Waals surface area contributed by atoms with Gasteiger partial charge in [-0.05, 0) is 48.5 Å². The van der Waals surface area contributed by atoms with Crippen molar-refractivity contribution in [3.8, 4) is 5.13 Å². The van der Waals surface area contributed by atoms with Crippen LogP contribution in [0.2, 0.25) is 0 Å². The van der Waals surface area contributed by atoms with Crippen LogP contribution in [0.5, 0.6) is 0 Å². The molecule has 1 unspecified atom stereocenters. The Morgan fingerprint density at radius 3 is 2.32 bits per heavy atom. The van der Waals surface area contributed by atoms with Gasteiger partial charge in [-0.3, -0.25) is 4.79 Å². The van der Waals surface area contributed by atoms with Crippen LogP contribution in [-0.2, 0) is 14.2 Å². The molecule has 37 heavy (non-hydrogen) atoms. The quantitative estimate of drug-likeness (QED) is 0.609. The Balaban J connectivity index is 1.93. The standard InChI is InChI=1S/C23H35N7O6S/c1-14(25-20(32)35-22(2,3)4)16-26-18(28(8)21(33)36-23(5,6)7)27-30(16)19-24-13-15(37-19)17(31)29-9-11-34-12-10-29/h13-14H,9-12H2,1-8H3,(H,25,32). The maximum absolute atomic E-state index is 12.9. The number of amides is 3. The molecule has 2 aromatic rings. The lowest BCUT2D eigenvalue weighted by Crippen LogP contribution is -2.40. The first-order valence-electron chi connectivity index (χ1n) is 11.9. The predicted octanol–water partition coefficient (Wildman–Crippen LogP) is 3.15. The van der Waals surface area contributed by atoms with E-state index in [1.807, 2.05) is 0 Å². The van der Waals surface area contributed by atoms with E-state index in [-0.39, 0.29) is 17.7 Å². The number of hydrogen-bond donors (Lipinski definition) is 1. The van der Waals surface area contributed by atoms with Crippen molar-refractivity contribution in [1.29, 1.82) is 0 Å². The molecule has 1 aliphatic rings. The highest BCUT2D eigenvalue weighted by atomic mass is 32.1. The lowest BCUT2D eigenvalue weighted by molar-refractivity contribution is 0.0306. The molecule has 3 amide bonds. The molecule has 14 heteroatoms. The van der Waals surface area contributed by atoms with Gasteiger partial charge in [-0.15, -0.1) is 5.10 Å². The number of nitrogens with zero attached hydrogens (tertiary/aromatic N) is 6. The Morgan fingerprint density at radius 2 is 1.73 bits per heavy atom. The summed E-state index contributed by atoms with van der Waals surface area (Å²) in [5.41, 5.74) is -1.41. The third-order valence-electron chi connectivity index (χ3n) is 4.89. The van der Waals surface area contributed by atoms with Gasteiger partial charge in [0.2, 0.25) is 5.13 Å². The fraction of sp³-hybridized carbons (Fsp3) is 0.652. The monoisotopic (exact) mass is 537 g/mol. The first-order valence-corrected chi connectivity index (χ1v) is 12.7. The number of rotatable bonds is 5. The van der Waals surface area contributed by atoms with Crippen molar-refractivity contribution < 1.29 is 28.6 Å². The van der Waals surface area contributed by atoms with Crippen molar-refractivity contribution in [2.45, 2.75) is 65.7 Å². The van der Waals surface area contributed by atoms with E-state index < -0.39 is 29.4 Å². The molecule has 204 valence electrons. The van der Waals surface area contributed by atoms with Crippen molar-refractivity contribution in [1.82, 2.24) is 30.0 Å². The lowest BCUT2D eigenvalue weighted by Gasteiger charge is -2.26. The normalized spacial score (nSPS) is 15.2. The van der Waals surface area contributed by atoms with Gasteiger partial charge in [0.15, 0.2) is 5.82 Å². The molecule has 2 aromatic heterocycles. The van der Waals surface area contributed by atoms with E-state index in [4.69, 9.17) is 14.2 Å². The van der Waals surface area contributed by atoms with E-state index in [0.29, 0.717) is 36.3 Å². The summed E-state index contributed by atoms with van der Waals surface area (Å²) in [6, 6.07) is -0.676. The number of thiazole rings is 1. The van der Waals surface area contributed by atoms with Gasteiger partial charge in [0.05, 0.1) is 25.5 Å². The topological polar surface area (TPSA) is 141 Å². The molecular weight excluding hydrogens is 502 g/mol. The number of alkyl carbamates (subject to hydrolysis) is 1. The fourth-order valence-corrected chi connectivity index (χ4v) is 4.07. The van der Waals surface area contributed by atoms with E-state index in [1.165, 1.54) is 22.8 Å². The molecular formula is C23H35N7O6S. The average molecular weight is 538 g/mol. The van der Waals surface area contributed by atoms with E-state index in [1.54, 1.807) is 53.4 Å². The number of carbonyl (C=O) groups is 3. The van der Waals surface area contributed by atoms with Crippen molar-refractivity contribution in [2.24, 2.45) is 0 Å². The van der Waals surface area contributed by atoms with Crippen LogP contribution in [0, 0.1) is 0 Å². The van der Waals surface area contributed by atoms with Crippen LogP contribution in [0.1, 0.15) is 70.0 Å². The smallest absolute Gasteiger partial charge is 0.416 e. The molecule has 1 atom stereocenters. The summed E-state index contributed by atoms with van der Waals surface area (Å²) in [5.74, 6) is 0.175. The van der Waals surface area contributed by atoms with Crippen molar-refractivity contribution >= 4 is 35.4 Å². The Labute approximate surface area is 220 Å². The molecule has 1 aliphatic heterocycles. The summed E-state index contributed by atoms with van der Waals surface area (Å²) in [6.45, 7) is 14.2. The third-order valence-corrected chi connectivity index (χ3v) is 5.85. The number of ether oxygens (including phenoxy) is 3. The molecule has 3 heterocycles. The number of morpholine rings is 1. The van der Waals surface area contributed by atoms with Gasteiger partial charge in [0.25, 0.3) is 11.9 Å². The number of hydrogen-bond acceptors (Lipinski definition) is 10. The maximum atomic E-state index is 12.9.